The molecule has 4 rings (SSSR count). The number of hydrogen-bond acceptors (Lipinski definition) is 5. The molecule has 0 N–H and O–H groups in total. The minimum Gasteiger partial charge on any atom is -0.493 e. The molecule has 0 bridgehead atoms. The van der Waals surface area contributed by atoms with Crippen molar-refractivity contribution in [3.8, 4) is 11.5 Å². The number of nitrogens with zero attached hydrogens (tertiary/aromatic N) is 3. The second kappa shape index (κ2) is 10.8. The van der Waals surface area contributed by atoms with Gasteiger partial charge < -0.3 is 19.3 Å². The van der Waals surface area contributed by atoms with Crippen molar-refractivity contribution >= 4 is 11.8 Å². The standard InChI is InChI=1S/C26H39N3O4/c1-19-8-6-7-13-29(19)26(31)24(20-9-4-5-10-20)27-14-16-28(17-15-27)25(30)21-11-12-22(32-2)23(18-21)33-3/h11-12,18-20,24H,4-10,13-17H2,1-3H3/t19-,24+/m0/s1. The van der Waals surface area contributed by atoms with Gasteiger partial charge in [-0.2, -0.15) is 0 Å². The molecule has 0 spiro atoms. The zero-order valence-electron chi connectivity index (χ0n) is 20.4. The van der Waals surface area contributed by atoms with Crippen LogP contribution in [0.2, 0.25) is 0 Å². The van der Waals surface area contributed by atoms with Crippen molar-refractivity contribution in [2.75, 3.05) is 46.9 Å². The average Bonchev–Trinajstić information content (AvgIpc) is 3.38. The van der Waals surface area contributed by atoms with Crippen molar-refractivity contribution in [1.29, 1.82) is 0 Å². The average molecular weight is 458 g/mol. The first-order chi connectivity index (χ1) is 16.0. The van der Waals surface area contributed by atoms with E-state index in [2.05, 4.69) is 16.7 Å². The Labute approximate surface area is 198 Å². The highest BCUT2D eigenvalue weighted by molar-refractivity contribution is 5.95. The van der Waals surface area contributed by atoms with Crippen LogP contribution in [0.5, 0.6) is 11.5 Å². The lowest BCUT2D eigenvalue weighted by atomic mass is 9.92. The highest BCUT2D eigenvalue weighted by atomic mass is 16.5. The van der Waals surface area contributed by atoms with Crippen LogP contribution >= 0.6 is 0 Å². The second-order valence-electron chi connectivity index (χ2n) is 9.76. The predicted octanol–water partition coefficient (Wildman–Crippen LogP) is 3.42. The molecule has 1 aliphatic carbocycles. The minimum atomic E-state index is -0.0358. The van der Waals surface area contributed by atoms with Crippen LogP contribution in [0.25, 0.3) is 0 Å². The van der Waals surface area contributed by atoms with Gasteiger partial charge in [0.2, 0.25) is 5.91 Å². The fourth-order valence-electron chi connectivity index (χ4n) is 5.88. The predicted molar refractivity (Wildman–Crippen MR) is 128 cm³/mol. The first-order valence-corrected chi connectivity index (χ1v) is 12.6. The molecule has 7 nitrogen and oxygen atoms in total. The normalized spacial score (nSPS) is 23.4. The lowest BCUT2D eigenvalue weighted by molar-refractivity contribution is -0.143. The van der Waals surface area contributed by atoms with Crippen molar-refractivity contribution < 1.29 is 19.1 Å². The Morgan fingerprint density at radius 1 is 0.879 bits per heavy atom. The first-order valence-electron chi connectivity index (χ1n) is 12.6. The molecule has 2 heterocycles. The smallest absolute Gasteiger partial charge is 0.254 e. The summed E-state index contributed by atoms with van der Waals surface area (Å²) in [6.45, 7) is 5.85. The molecular weight excluding hydrogens is 418 g/mol. The third-order valence-electron chi connectivity index (χ3n) is 7.81. The maximum atomic E-state index is 13.7. The number of piperidine rings is 1. The zero-order valence-corrected chi connectivity index (χ0v) is 20.4. The highest BCUT2D eigenvalue weighted by Crippen LogP contribution is 2.33. The summed E-state index contributed by atoms with van der Waals surface area (Å²) in [5.41, 5.74) is 0.603. The van der Waals surface area contributed by atoms with Crippen LogP contribution in [-0.2, 0) is 4.79 Å². The third-order valence-corrected chi connectivity index (χ3v) is 7.81. The topological polar surface area (TPSA) is 62.3 Å². The highest BCUT2D eigenvalue weighted by Gasteiger charge is 2.40. The molecular formula is C26H39N3O4. The maximum Gasteiger partial charge on any atom is 0.254 e. The SMILES string of the molecule is COc1ccc(C(=O)N2CCN([C@@H](C(=O)N3CCCC[C@@H]3C)C3CCCC3)CC2)cc1OC. The summed E-state index contributed by atoms with van der Waals surface area (Å²) < 4.78 is 10.7. The number of carbonyl (C=O) groups is 2. The largest absolute Gasteiger partial charge is 0.493 e. The van der Waals surface area contributed by atoms with E-state index in [1.807, 2.05) is 4.90 Å². The Morgan fingerprint density at radius 2 is 1.55 bits per heavy atom. The molecule has 2 atom stereocenters. The summed E-state index contributed by atoms with van der Waals surface area (Å²) in [5, 5.41) is 0. The first kappa shape index (κ1) is 23.9. The van der Waals surface area contributed by atoms with Crippen LogP contribution in [-0.4, -0.2) is 85.5 Å². The molecule has 3 fully saturated rings. The van der Waals surface area contributed by atoms with E-state index in [1.54, 1.807) is 32.4 Å². The van der Waals surface area contributed by atoms with Crippen LogP contribution in [0.4, 0.5) is 0 Å². The van der Waals surface area contributed by atoms with E-state index < -0.39 is 0 Å². The van der Waals surface area contributed by atoms with Crippen molar-refractivity contribution in [3.63, 3.8) is 0 Å². The van der Waals surface area contributed by atoms with Crippen molar-refractivity contribution in [3.05, 3.63) is 23.8 Å². The van der Waals surface area contributed by atoms with Crippen LogP contribution in [0.3, 0.4) is 0 Å². The van der Waals surface area contributed by atoms with Gasteiger partial charge in [0.15, 0.2) is 11.5 Å². The molecule has 1 aromatic rings. The van der Waals surface area contributed by atoms with Crippen LogP contribution < -0.4 is 9.47 Å². The van der Waals surface area contributed by atoms with Crippen molar-refractivity contribution in [1.82, 2.24) is 14.7 Å². The Hall–Kier alpha value is -2.28. The van der Waals surface area contributed by atoms with Crippen LogP contribution in [0.15, 0.2) is 18.2 Å². The second-order valence-corrected chi connectivity index (χ2v) is 9.76. The summed E-state index contributed by atoms with van der Waals surface area (Å²) in [7, 11) is 3.17. The summed E-state index contributed by atoms with van der Waals surface area (Å²) in [4.78, 5) is 33.3. The van der Waals surface area contributed by atoms with Crippen molar-refractivity contribution in [2.45, 2.75) is 64.0 Å². The van der Waals surface area contributed by atoms with E-state index in [0.29, 0.717) is 48.0 Å². The zero-order chi connectivity index (χ0) is 23.4. The van der Waals surface area contributed by atoms with Crippen molar-refractivity contribution in [2.24, 2.45) is 5.92 Å². The summed E-state index contributed by atoms with van der Waals surface area (Å²) in [6.07, 6.45) is 8.17. The Bertz CT molecular complexity index is 831. The quantitative estimate of drug-likeness (QED) is 0.655. The minimum absolute atomic E-state index is 0.00370. The third kappa shape index (κ3) is 5.13. The Balaban J connectivity index is 1.44. The van der Waals surface area contributed by atoms with Gasteiger partial charge in [-0.25, -0.2) is 0 Å². The molecule has 3 aliphatic rings. The number of methoxy groups -OCH3 is 2. The number of benzene rings is 1. The van der Waals surface area contributed by atoms with Crippen LogP contribution in [0, 0.1) is 5.92 Å². The maximum absolute atomic E-state index is 13.7. The molecule has 0 aromatic heterocycles. The van der Waals surface area contributed by atoms with E-state index in [-0.39, 0.29) is 11.9 Å². The molecule has 2 amide bonds. The van der Waals surface area contributed by atoms with Gasteiger partial charge in [-0.1, -0.05) is 12.8 Å². The number of rotatable bonds is 6. The van der Waals surface area contributed by atoms with Gasteiger partial charge in [0, 0.05) is 44.3 Å². The molecule has 2 aliphatic heterocycles. The van der Waals surface area contributed by atoms with Gasteiger partial charge >= 0.3 is 0 Å². The summed E-state index contributed by atoms with van der Waals surface area (Å²) in [6, 6.07) is 5.61. The number of piperazine rings is 1. The van der Waals surface area contributed by atoms with Gasteiger partial charge in [0.1, 0.15) is 0 Å². The van der Waals surface area contributed by atoms with E-state index in [9.17, 15) is 9.59 Å². The number of ether oxygens (including phenoxy) is 2. The Kier molecular flexibility index (Phi) is 7.78. The number of hydrogen-bond donors (Lipinski definition) is 0. The number of amides is 2. The molecule has 1 saturated carbocycles. The number of carbonyl (C=O) groups excluding carboxylic acids is 2. The van der Waals surface area contributed by atoms with Gasteiger partial charge in [0.25, 0.3) is 5.91 Å². The molecule has 7 heteroatoms. The number of likely N-dealkylation sites (tertiary alicyclic amines) is 1. The molecule has 1 aromatic carbocycles. The van der Waals surface area contributed by atoms with E-state index in [4.69, 9.17) is 9.47 Å². The summed E-state index contributed by atoms with van der Waals surface area (Å²) >= 11 is 0. The molecule has 182 valence electrons. The van der Waals surface area contributed by atoms with Crippen LogP contribution in [0.1, 0.15) is 62.2 Å². The molecule has 33 heavy (non-hydrogen) atoms. The fraction of sp³-hybridized carbons (Fsp3) is 0.692. The molecule has 0 radical (unpaired) electrons. The lowest BCUT2D eigenvalue weighted by Crippen LogP contribution is -2.60. The fourth-order valence-corrected chi connectivity index (χ4v) is 5.88. The van der Waals surface area contributed by atoms with Gasteiger partial charge in [0.05, 0.1) is 20.3 Å². The van der Waals surface area contributed by atoms with E-state index in [1.165, 1.54) is 19.3 Å². The molecule has 0 unspecified atom stereocenters. The summed E-state index contributed by atoms with van der Waals surface area (Å²) in [5.74, 6) is 1.95. The van der Waals surface area contributed by atoms with Gasteiger partial charge in [-0.3, -0.25) is 14.5 Å². The monoisotopic (exact) mass is 457 g/mol. The van der Waals surface area contributed by atoms with Gasteiger partial charge in [-0.05, 0) is 63.1 Å². The molecule has 2 saturated heterocycles. The van der Waals surface area contributed by atoms with Gasteiger partial charge in [-0.15, -0.1) is 0 Å². The lowest BCUT2D eigenvalue weighted by Gasteiger charge is -2.44. The Morgan fingerprint density at radius 3 is 2.18 bits per heavy atom. The van der Waals surface area contributed by atoms with E-state index in [0.717, 1.165) is 45.3 Å². The van der Waals surface area contributed by atoms with E-state index >= 15 is 0 Å².